The fourth-order valence-electron chi connectivity index (χ4n) is 2.89. The van der Waals surface area contributed by atoms with Crippen LogP contribution in [-0.4, -0.2) is 0 Å². The summed E-state index contributed by atoms with van der Waals surface area (Å²) in [5.74, 6) is -0.242. The lowest BCUT2D eigenvalue weighted by atomic mass is 9.87. The molecule has 2 aromatic rings. The molecule has 1 unspecified atom stereocenters. The Morgan fingerprint density at radius 1 is 1.15 bits per heavy atom. The van der Waals surface area contributed by atoms with Gasteiger partial charge >= 0.3 is 0 Å². The maximum absolute atomic E-state index is 13.8. The molecule has 0 heterocycles. The van der Waals surface area contributed by atoms with Gasteiger partial charge in [0.25, 0.3) is 0 Å². The molecule has 1 nitrogen and oxygen atoms in total. The van der Waals surface area contributed by atoms with Crippen molar-refractivity contribution < 1.29 is 4.39 Å². The summed E-state index contributed by atoms with van der Waals surface area (Å²) in [7, 11) is 0. The van der Waals surface area contributed by atoms with Crippen molar-refractivity contribution in [1.82, 2.24) is 5.32 Å². The summed E-state index contributed by atoms with van der Waals surface area (Å²) < 4.78 is 13.8. The van der Waals surface area contributed by atoms with Gasteiger partial charge in [0.15, 0.2) is 0 Å². The second-order valence-electron chi connectivity index (χ2n) is 5.22. The molecule has 3 heteroatoms. The van der Waals surface area contributed by atoms with Crippen LogP contribution in [0, 0.1) is 5.82 Å². The first-order valence-electron chi connectivity index (χ1n) is 7.00. The van der Waals surface area contributed by atoms with Crippen molar-refractivity contribution in [3.8, 4) is 0 Å². The fourth-order valence-corrected chi connectivity index (χ4v) is 3.12. The Kier molecular flexibility index (Phi) is 4.04. The van der Waals surface area contributed by atoms with Gasteiger partial charge in [-0.25, -0.2) is 4.39 Å². The molecular formula is C17H17ClFN. The first-order chi connectivity index (χ1) is 9.75. The minimum atomic E-state index is -0.242. The van der Waals surface area contributed by atoms with Crippen LogP contribution in [0.1, 0.15) is 35.6 Å². The zero-order valence-electron chi connectivity index (χ0n) is 11.2. The molecular weight excluding hydrogens is 273 g/mol. The monoisotopic (exact) mass is 289 g/mol. The highest BCUT2D eigenvalue weighted by atomic mass is 35.5. The summed E-state index contributed by atoms with van der Waals surface area (Å²) in [5, 5.41) is 3.94. The van der Waals surface area contributed by atoms with Crippen LogP contribution in [0.2, 0.25) is 5.02 Å². The molecule has 0 saturated carbocycles. The third-order valence-corrected chi connectivity index (χ3v) is 4.31. The van der Waals surface area contributed by atoms with Crippen LogP contribution in [0.3, 0.4) is 0 Å². The van der Waals surface area contributed by atoms with Crippen molar-refractivity contribution in [2.45, 2.75) is 31.8 Å². The number of halogens is 2. The van der Waals surface area contributed by atoms with Crippen LogP contribution in [0.4, 0.5) is 4.39 Å². The first kappa shape index (κ1) is 13.6. The lowest BCUT2D eigenvalue weighted by molar-refractivity contribution is 0.452. The molecule has 0 radical (unpaired) electrons. The summed E-state index contributed by atoms with van der Waals surface area (Å²) in [6.07, 6.45) is 3.39. The van der Waals surface area contributed by atoms with Crippen molar-refractivity contribution in [2.75, 3.05) is 0 Å². The number of rotatable bonds is 3. The summed E-state index contributed by atoms with van der Waals surface area (Å²) in [5.41, 5.74) is 3.29. The van der Waals surface area contributed by atoms with Gasteiger partial charge in [-0.1, -0.05) is 41.9 Å². The molecule has 1 N–H and O–H groups in total. The highest BCUT2D eigenvalue weighted by Crippen LogP contribution is 2.30. The molecule has 0 saturated heterocycles. The van der Waals surface area contributed by atoms with Crippen molar-refractivity contribution in [2.24, 2.45) is 0 Å². The van der Waals surface area contributed by atoms with E-state index in [2.05, 4.69) is 29.6 Å². The Hall–Kier alpha value is -1.38. The lowest BCUT2D eigenvalue weighted by Crippen LogP contribution is -2.25. The van der Waals surface area contributed by atoms with Crippen LogP contribution in [0.25, 0.3) is 0 Å². The topological polar surface area (TPSA) is 12.0 Å². The van der Waals surface area contributed by atoms with E-state index in [1.54, 1.807) is 12.1 Å². The molecule has 104 valence electrons. The Morgan fingerprint density at radius 3 is 2.85 bits per heavy atom. The Balaban J connectivity index is 1.77. The van der Waals surface area contributed by atoms with Crippen molar-refractivity contribution in [1.29, 1.82) is 0 Å². The van der Waals surface area contributed by atoms with Gasteiger partial charge in [-0.15, -0.1) is 0 Å². The van der Waals surface area contributed by atoms with E-state index < -0.39 is 0 Å². The first-order valence-corrected chi connectivity index (χ1v) is 7.37. The average molecular weight is 290 g/mol. The van der Waals surface area contributed by atoms with E-state index in [1.165, 1.54) is 23.6 Å². The number of benzene rings is 2. The van der Waals surface area contributed by atoms with E-state index in [-0.39, 0.29) is 11.9 Å². The predicted molar refractivity (Wildman–Crippen MR) is 80.4 cm³/mol. The number of nitrogens with one attached hydrogen (secondary N) is 1. The molecule has 3 rings (SSSR count). The van der Waals surface area contributed by atoms with E-state index in [1.807, 2.05) is 0 Å². The van der Waals surface area contributed by atoms with E-state index >= 15 is 0 Å². The molecule has 0 fully saturated rings. The Morgan fingerprint density at radius 2 is 2.00 bits per heavy atom. The third-order valence-electron chi connectivity index (χ3n) is 3.96. The minimum absolute atomic E-state index is 0.242. The maximum atomic E-state index is 13.8. The maximum Gasteiger partial charge on any atom is 0.129 e. The second kappa shape index (κ2) is 5.94. The number of aryl methyl sites for hydroxylation is 1. The van der Waals surface area contributed by atoms with Crippen molar-refractivity contribution in [3.63, 3.8) is 0 Å². The molecule has 20 heavy (non-hydrogen) atoms. The molecule has 2 aromatic carbocycles. The number of fused-ring (bicyclic) bond motifs is 1. The molecule has 0 amide bonds. The van der Waals surface area contributed by atoms with E-state index in [0.717, 1.165) is 12.8 Å². The highest BCUT2D eigenvalue weighted by molar-refractivity contribution is 6.31. The van der Waals surface area contributed by atoms with Gasteiger partial charge in [0.1, 0.15) is 5.82 Å². The van der Waals surface area contributed by atoms with Crippen molar-refractivity contribution >= 4 is 11.6 Å². The standard InChI is InChI=1S/C17H17ClFN/c18-15-8-4-9-16(19)14(15)11-20-17-10-3-6-12-5-1-2-7-13(12)17/h1-2,4-5,7-9,17,20H,3,6,10-11H2. The summed E-state index contributed by atoms with van der Waals surface area (Å²) >= 11 is 6.07. The zero-order chi connectivity index (χ0) is 13.9. The van der Waals surface area contributed by atoms with Crippen LogP contribution >= 0.6 is 11.6 Å². The Labute approximate surface area is 123 Å². The van der Waals surface area contributed by atoms with Crippen molar-refractivity contribution in [3.05, 3.63) is 70.0 Å². The van der Waals surface area contributed by atoms with E-state index in [4.69, 9.17) is 11.6 Å². The van der Waals surface area contributed by atoms with Gasteiger partial charge in [0.05, 0.1) is 0 Å². The van der Waals surface area contributed by atoms with Gasteiger partial charge in [0, 0.05) is 23.2 Å². The largest absolute Gasteiger partial charge is 0.306 e. The molecule has 0 aliphatic heterocycles. The minimum Gasteiger partial charge on any atom is -0.306 e. The number of hydrogen-bond donors (Lipinski definition) is 1. The van der Waals surface area contributed by atoms with Crippen LogP contribution in [0.15, 0.2) is 42.5 Å². The smallest absolute Gasteiger partial charge is 0.129 e. The van der Waals surface area contributed by atoms with E-state index in [0.29, 0.717) is 17.1 Å². The molecule has 1 aliphatic carbocycles. The second-order valence-corrected chi connectivity index (χ2v) is 5.63. The summed E-state index contributed by atoms with van der Waals surface area (Å²) in [6.45, 7) is 0.463. The molecule has 1 atom stereocenters. The highest BCUT2D eigenvalue weighted by Gasteiger charge is 2.19. The molecule has 0 aromatic heterocycles. The normalized spacial score (nSPS) is 17.8. The van der Waals surface area contributed by atoms with Crippen LogP contribution in [-0.2, 0) is 13.0 Å². The fraction of sp³-hybridized carbons (Fsp3) is 0.294. The molecule has 1 aliphatic rings. The summed E-state index contributed by atoms with van der Waals surface area (Å²) in [4.78, 5) is 0. The van der Waals surface area contributed by atoms with Crippen LogP contribution in [0.5, 0.6) is 0 Å². The van der Waals surface area contributed by atoms with Gasteiger partial charge in [-0.05, 0) is 42.5 Å². The van der Waals surface area contributed by atoms with Crippen LogP contribution < -0.4 is 5.32 Å². The molecule has 0 bridgehead atoms. The number of hydrogen-bond acceptors (Lipinski definition) is 1. The summed E-state index contributed by atoms with van der Waals surface area (Å²) in [6, 6.07) is 13.6. The molecule has 0 spiro atoms. The quantitative estimate of drug-likeness (QED) is 0.867. The lowest BCUT2D eigenvalue weighted by Gasteiger charge is -2.26. The third kappa shape index (κ3) is 2.72. The predicted octanol–water partition coefficient (Wildman–Crippen LogP) is 4.65. The van der Waals surface area contributed by atoms with E-state index in [9.17, 15) is 4.39 Å². The van der Waals surface area contributed by atoms with Gasteiger partial charge < -0.3 is 5.32 Å². The van der Waals surface area contributed by atoms with Gasteiger partial charge in [-0.2, -0.15) is 0 Å². The SMILES string of the molecule is Fc1cccc(Cl)c1CNC1CCCc2ccccc21. The van der Waals surface area contributed by atoms with Gasteiger partial charge in [0.2, 0.25) is 0 Å². The average Bonchev–Trinajstić information content (AvgIpc) is 2.47. The van der Waals surface area contributed by atoms with Gasteiger partial charge in [-0.3, -0.25) is 0 Å². The zero-order valence-corrected chi connectivity index (χ0v) is 12.0. The Bertz CT molecular complexity index is 591.